The van der Waals surface area contributed by atoms with Gasteiger partial charge in [-0.3, -0.25) is 9.59 Å². The molecule has 0 spiro atoms. The molecule has 1 heterocycles. The molecule has 1 saturated heterocycles. The Labute approximate surface area is 155 Å². The molecule has 1 aromatic rings. The summed E-state index contributed by atoms with van der Waals surface area (Å²) in [6, 6.07) is 5.04. The van der Waals surface area contributed by atoms with Crippen LogP contribution in [0.2, 0.25) is 0 Å². The topological polar surface area (TPSA) is 75.9 Å². The van der Waals surface area contributed by atoms with E-state index >= 15 is 0 Å². The van der Waals surface area contributed by atoms with Crippen molar-refractivity contribution in [1.82, 2.24) is 9.80 Å². The van der Waals surface area contributed by atoms with Crippen LogP contribution in [0.3, 0.4) is 0 Å². The minimum Gasteiger partial charge on any atom is -0.496 e. The first-order valence-electron chi connectivity index (χ1n) is 8.46. The highest BCUT2D eigenvalue weighted by atomic mass is 35.5. The third-order valence-corrected chi connectivity index (χ3v) is 4.45. The van der Waals surface area contributed by atoms with Crippen molar-refractivity contribution < 1.29 is 14.3 Å². The van der Waals surface area contributed by atoms with Gasteiger partial charge in [0.1, 0.15) is 5.75 Å². The molecule has 1 aliphatic rings. The van der Waals surface area contributed by atoms with E-state index in [1.807, 2.05) is 26.0 Å². The lowest BCUT2D eigenvalue weighted by Gasteiger charge is -2.36. The average molecular weight is 370 g/mol. The lowest BCUT2D eigenvalue weighted by molar-refractivity contribution is -0.134. The Morgan fingerprint density at radius 2 is 1.80 bits per heavy atom. The standard InChI is InChI=1S/C18H27N3O3.ClH/c1-4-5-15(19)18(23)21-10-8-20(9-11-21)17(22)14-7-6-13(2)16(12-14)24-3;/h6-7,12,15H,4-5,8-11,19H2,1-3H3;1H. The van der Waals surface area contributed by atoms with Gasteiger partial charge in [0.2, 0.25) is 5.91 Å². The summed E-state index contributed by atoms with van der Waals surface area (Å²) < 4.78 is 5.28. The second kappa shape index (κ2) is 9.63. The van der Waals surface area contributed by atoms with Gasteiger partial charge in [-0.25, -0.2) is 0 Å². The number of aryl methyl sites for hydroxylation is 1. The number of nitrogens with two attached hydrogens (primary N) is 1. The fourth-order valence-electron chi connectivity index (χ4n) is 2.93. The van der Waals surface area contributed by atoms with Gasteiger partial charge in [0, 0.05) is 31.7 Å². The molecule has 6 nitrogen and oxygen atoms in total. The average Bonchev–Trinajstić information content (AvgIpc) is 2.61. The smallest absolute Gasteiger partial charge is 0.254 e. The lowest BCUT2D eigenvalue weighted by atomic mass is 10.1. The maximum absolute atomic E-state index is 12.6. The number of rotatable bonds is 5. The molecular formula is C18H28ClN3O3. The molecule has 2 N–H and O–H groups in total. The van der Waals surface area contributed by atoms with E-state index in [9.17, 15) is 9.59 Å². The summed E-state index contributed by atoms with van der Waals surface area (Å²) in [6.07, 6.45) is 1.59. The van der Waals surface area contributed by atoms with Crippen LogP contribution < -0.4 is 10.5 Å². The molecule has 2 rings (SSSR count). The van der Waals surface area contributed by atoms with Crippen molar-refractivity contribution in [3.63, 3.8) is 0 Å². The molecule has 0 aliphatic carbocycles. The van der Waals surface area contributed by atoms with Gasteiger partial charge in [0.25, 0.3) is 5.91 Å². The quantitative estimate of drug-likeness (QED) is 0.859. The van der Waals surface area contributed by atoms with E-state index in [1.165, 1.54) is 0 Å². The molecule has 1 unspecified atom stereocenters. The number of piperazine rings is 1. The molecule has 0 bridgehead atoms. The first-order valence-corrected chi connectivity index (χ1v) is 8.46. The highest BCUT2D eigenvalue weighted by Crippen LogP contribution is 2.20. The molecule has 1 atom stereocenters. The van der Waals surface area contributed by atoms with Gasteiger partial charge in [-0.05, 0) is 31.0 Å². The molecule has 2 amide bonds. The number of methoxy groups -OCH3 is 1. The molecule has 1 aromatic carbocycles. The third-order valence-electron chi connectivity index (χ3n) is 4.45. The van der Waals surface area contributed by atoms with Crippen molar-refractivity contribution in [2.24, 2.45) is 5.73 Å². The highest BCUT2D eigenvalue weighted by Gasteiger charge is 2.27. The Balaban J connectivity index is 0.00000312. The lowest BCUT2D eigenvalue weighted by Crippen LogP contribution is -2.54. The first-order chi connectivity index (χ1) is 11.5. The first kappa shape index (κ1) is 21.3. The van der Waals surface area contributed by atoms with Crippen LogP contribution in [-0.2, 0) is 4.79 Å². The van der Waals surface area contributed by atoms with Crippen molar-refractivity contribution >= 4 is 24.2 Å². The van der Waals surface area contributed by atoms with Gasteiger partial charge < -0.3 is 20.3 Å². The molecule has 1 aliphatic heterocycles. The number of nitrogens with zero attached hydrogens (tertiary/aromatic N) is 2. The van der Waals surface area contributed by atoms with Gasteiger partial charge in [-0.2, -0.15) is 0 Å². The van der Waals surface area contributed by atoms with Crippen molar-refractivity contribution in [3.05, 3.63) is 29.3 Å². The predicted octanol–water partition coefficient (Wildman–Crippen LogP) is 1.84. The molecule has 140 valence electrons. The van der Waals surface area contributed by atoms with E-state index in [0.29, 0.717) is 43.9 Å². The summed E-state index contributed by atoms with van der Waals surface area (Å²) in [5.74, 6) is 0.666. The minimum absolute atomic E-state index is 0. The van der Waals surface area contributed by atoms with Crippen LogP contribution in [0.1, 0.15) is 35.7 Å². The number of hydrogen-bond donors (Lipinski definition) is 1. The molecule has 0 radical (unpaired) electrons. The van der Waals surface area contributed by atoms with Gasteiger partial charge in [-0.15, -0.1) is 12.4 Å². The van der Waals surface area contributed by atoms with Crippen LogP contribution in [0, 0.1) is 6.92 Å². The van der Waals surface area contributed by atoms with Crippen molar-refractivity contribution in [3.8, 4) is 5.75 Å². The molecule has 0 aromatic heterocycles. The molecule has 25 heavy (non-hydrogen) atoms. The molecule has 1 fully saturated rings. The Morgan fingerprint density at radius 1 is 1.20 bits per heavy atom. The summed E-state index contributed by atoms with van der Waals surface area (Å²) >= 11 is 0. The summed E-state index contributed by atoms with van der Waals surface area (Å²) in [4.78, 5) is 28.4. The van der Waals surface area contributed by atoms with Crippen LogP contribution in [0.25, 0.3) is 0 Å². The number of amides is 2. The highest BCUT2D eigenvalue weighted by molar-refractivity contribution is 5.95. The van der Waals surface area contributed by atoms with Gasteiger partial charge in [0.05, 0.1) is 13.2 Å². The zero-order chi connectivity index (χ0) is 17.7. The largest absolute Gasteiger partial charge is 0.496 e. The minimum atomic E-state index is -0.432. The number of benzene rings is 1. The normalized spacial score (nSPS) is 15.4. The fourth-order valence-corrected chi connectivity index (χ4v) is 2.93. The fraction of sp³-hybridized carbons (Fsp3) is 0.556. The van der Waals surface area contributed by atoms with Crippen molar-refractivity contribution in [2.45, 2.75) is 32.7 Å². The number of ether oxygens (including phenoxy) is 1. The van der Waals surface area contributed by atoms with Crippen LogP contribution >= 0.6 is 12.4 Å². The maximum atomic E-state index is 12.6. The second-order valence-corrected chi connectivity index (χ2v) is 6.20. The summed E-state index contributed by atoms with van der Waals surface area (Å²) in [6.45, 7) is 6.08. The predicted molar refractivity (Wildman–Crippen MR) is 100 cm³/mol. The zero-order valence-electron chi connectivity index (χ0n) is 15.2. The Kier molecular flexibility index (Phi) is 8.19. The van der Waals surface area contributed by atoms with E-state index < -0.39 is 6.04 Å². The summed E-state index contributed by atoms with van der Waals surface area (Å²) in [7, 11) is 1.60. The zero-order valence-corrected chi connectivity index (χ0v) is 16.0. The maximum Gasteiger partial charge on any atom is 0.254 e. The van der Waals surface area contributed by atoms with E-state index in [0.717, 1.165) is 12.0 Å². The van der Waals surface area contributed by atoms with E-state index in [-0.39, 0.29) is 24.2 Å². The van der Waals surface area contributed by atoms with Crippen molar-refractivity contribution in [1.29, 1.82) is 0 Å². The van der Waals surface area contributed by atoms with E-state index in [4.69, 9.17) is 10.5 Å². The van der Waals surface area contributed by atoms with Crippen LogP contribution in [0.4, 0.5) is 0 Å². The Hall–Kier alpha value is -1.79. The molecular weight excluding hydrogens is 342 g/mol. The SMILES string of the molecule is CCCC(N)C(=O)N1CCN(C(=O)c2ccc(C)c(OC)c2)CC1.Cl. The molecule has 0 saturated carbocycles. The van der Waals surface area contributed by atoms with Crippen LogP contribution in [0.5, 0.6) is 5.75 Å². The summed E-state index contributed by atoms with van der Waals surface area (Å²) in [5, 5.41) is 0. The number of hydrogen-bond acceptors (Lipinski definition) is 4. The van der Waals surface area contributed by atoms with Crippen molar-refractivity contribution in [2.75, 3.05) is 33.3 Å². The number of carbonyl (C=O) groups excluding carboxylic acids is 2. The monoisotopic (exact) mass is 369 g/mol. The van der Waals surface area contributed by atoms with Gasteiger partial charge in [0.15, 0.2) is 0 Å². The summed E-state index contributed by atoms with van der Waals surface area (Å²) in [5.41, 5.74) is 7.51. The number of carbonyl (C=O) groups is 2. The van der Waals surface area contributed by atoms with Crippen LogP contribution in [0.15, 0.2) is 18.2 Å². The van der Waals surface area contributed by atoms with Gasteiger partial charge >= 0.3 is 0 Å². The van der Waals surface area contributed by atoms with Crippen LogP contribution in [-0.4, -0.2) is 60.9 Å². The van der Waals surface area contributed by atoms with E-state index in [1.54, 1.807) is 23.0 Å². The molecule has 7 heteroatoms. The van der Waals surface area contributed by atoms with Gasteiger partial charge in [-0.1, -0.05) is 19.4 Å². The van der Waals surface area contributed by atoms with E-state index in [2.05, 4.69) is 0 Å². The Bertz CT molecular complexity index is 601. The second-order valence-electron chi connectivity index (χ2n) is 6.20. The third kappa shape index (κ3) is 5.09. The Morgan fingerprint density at radius 3 is 2.36 bits per heavy atom. The number of halogens is 1.